The Balaban J connectivity index is 1.83. The third-order valence-electron chi connectivity index (χ3n) is 6.06. The van der Waals surface area contributed by atoms with Gasteiger partial charge in [0.2, 0.25) is 0 Å². The summed E-state index contributed by atoms with van der Waals surface area (Å²) in [5.74, 6) is 1.02. The maximum Gasteiger partial charge on any atom is 0.271 e. The lowest BCUT2D eigenvalue weighted by Gasteiger charge is -2.30. The summed E-state index contributed by atoms with van der Waals surface area (Å²) in [7, 11) is 0. The summed E-state index contributed by atoms with van der Waals surface area (Å²) in [6, 6.07) is 17.6. The molecule has 30 heavy (non-hydrogen) atoms. The highest BCUT2D eigenvalue weighted by Gasteiger charge is 2.35. The molecule has 1 aliphatic carbocycles. The summed E-state index contributed by atoms with van der Waals surface area (Å²) in [4.78, 5) is 13.3. The molecule has 0 saturated carbocycles. The van der Waals surface area contributed by atoms with Crippen LogP contribution in [0.3, 0.4) is 0 Å². The van der Waals surface area contributed by atoms with Crippen LogP contribution in [0.15, 0.2) is 60.7 Å². The van der Waals surface area contributed by atoms with Gasteiger partial charge in [-0.05, 0) is 48.4 Å². The molecule has 1 heterocycles. The second-order valence-corrected chi connectivity index (χ2v) is 8.91. The Labute approximate surface area is 183 Å². The van der Waals surface area contributed by atoms with E-state index in [4.69, 9.17) is 16.7 Å². The molecule has 2 unspecified atom stereocenters. The van der Waals surface area contributed by atoms with Gasteiger partial charge in [-0.1, -0.05) is 74.8 Å². The van der Waals surface area contributed by atoms with Crippen molar-refractivity contribution in [2.24, 2.45) is 5.92 Å². The van der Waals surface area contributed by atoms with Gasteiger partial charge in [-0.25, -0.2) is 4.68 Å². The quantitative estimate of drug-likeness (QED) is 0.420. The predicted octanol–water partition coefficient (Wildman–Crippen LogP) is 7.19. The van der Waals surface area contributed by atoms with E-state index in [-0.39, 0.29) is 5.91 Å². The van der Waals surface area contributed by atoms with Crippen LogP contribution < -0.4 is 0 Å². The fourth-order valence-corrected chi connectivity index (χ4v) is 4.56. The Morgan fingerprint density at radius 1 is 1.10 bits per heavy atom. The average Bonchev–Trinajstić information content (AvgIpc) is 3.15. The van der Waals surface area contributed by atoms with E-state index in [0.717, 1.165) is 35.4 Å². The molecule has 154 valence electrons. The normalized spacial score (nSPS) is 18.7. The van der Waals surface area contributed by atoms with Gasteiger partial charge in [0.15, 0.2) is 0 Å². The van der Waals surface area contributed by atoms with Gasteiger partial charge >= 0.3 is 0 Å². The maximum absolute atomic E-state index is 13.3. The van der Waals surface area contributed by atoms with Crippen molar-refractivity contribution >= 4 is 23.6 Å². The topological polar surface area (TPSA) is 34.9 Å². The number of allylic oxidation sites excluding steroid dienone is 1. The lowest BCUT2D eigenvalue weighted by Crippen LogP contribution is -2.23. The van der Waals surface area contributed by atoms with Gasteiger partial charge < -0.3 is 0 Å². The van der Waals surface area contributed by atoms with Crippen LogP contribution in [0.1, 0.15) is 67.1 Å². The molecule has 0 N–H and O–H groups in total. The number of carbonyl (C=O) groups excluding carboxylic acids is 1. The largest absolute Gasteiger partial charge is 0.271 e. The first-order valence-electron chi connectivity index (χ1n) is 10.6. The molecule has 3 nitrogen and oxygen atoms in total. The third-order valence-corrected chi connectivity index (χ3v) is 6.32. The number of hydrogen-bond acceptors (Lipinski definition) is 2. The Hall–Kier alpha value is -2.65. The molecule has 0 saturated heterocycles. The molecule has 0 bridgehead atoms. The summed E-state index contributed by atoms with van der Waals surface area (Å²) in [6.07, 6.45) is 5.67. The molecule has 4 heteroatoms. The second kappa shape index (κ2) is 8.61. The number of rotatable bonds is 4. The van der Waals surface area contributed by atoms with Crippen LogP contribution in [0.5, 0.6) is 0 Å². The molecule has 2 aromatic carbocycles. The van der Waals surface area contributed by atoms with E-state index in [1.165, 1.54) is 5.56 Å². The Morgan fingerprint density at radius 2 is 1.80 bits per heavy atom. The first-order valence-corrected chi connectivity index (χ1v) is 11.0. The minimum absolute atomic E-state index is 0.102. The Morgan fingerprint density at radius 3 is 2.47 bits per heavy atom. The molecule has 2 atom stereocenters. The molecule has 0 fully saturated rings. The molecule has 1 aliphatic rings. The van der Waals surface area contributed by atoms with Crippen molar-refractivity contribution in [2.45, 2.75) is 45.4 Å². The number of fused-ring (bicyclic) bond motifs is 1. The number of aromatic nitrogens is 2. The fraction of sp³-hybridized carbons (Fsp3) is 0.308. The zero-order valence-electron chi connectivity index (χ0n) is 17.7. The maximum atomic E-state index is 13.3. The smallest absolute Gasteiger partial charge is 0.267 e. The fourth-order valence-electron chi connectivity index (χ4n) is 4.44. The molecule has 0 aliphatic heterocycles. The van der Waals surface area contributed by atoms with Crippen molar-refractivity contribution in [1.82, 2.24) is 9.78 Å². The van der Waals surface area contributed by atoms with Crippen molar-refractivity contribution in [2.75, 3.05) is 0 Å². The minimum atomic E-state index is -0.102. The van der Waals surface area contributed by atoms with Gasteiger partial charge in [-0.3, -0.25) is 4.79 Å². The highest BCUT2D eigenvalue weighted by molar-refractivity contribution is 6.30. The van der Waals surface area contributed by atoms with Crippen LogP contribution in [0.25, 0.3) is 17.3 Å². The van der Waals surface area contributed by atoms with Crippen molar-refractivity contribution < 1.29 is 4.79 Å². The standard InChI is InChI=1S/C26H27ClN2O/c1-17(2)22-15-9-18(3)24-25(20-11-13-21(27)14-12-20)28-29(26(22)24)23(30)16-10-19-7-5-4-6-8-19/h4-8,10-14,16-18,22H,9,15H2,1-3H3/b16-10+. The Bertz CT molecular complexity index is 1060. The van der Waals surface area contributed by atoms with E-state index >= 15 is 0 Å². The van der Waals surface area contributed by atoms with Crippen molar-refractivity contribution in [3.05, 3.63) is 82.5 Å². The number of carbonyl (C=O) groups is 1. The molecular weight excluding hydrogens is 392 g/mol. The van der Waals surface area contributed by atoms with Gasteiger partial charge in [0, 0.05) is 28.1 Å². The lowest BCUT2D eigenvalue weighted by molar-refractivity contribution is 0.0947. The number of nitrogens with zero attached hydrogens (tertiary/aromatic N) is 2. The molecule has 0 amide bonds. The van der Waals surface area contributed by atoms with Crippen LogP contribution in [0.4, 0.5) is 0 Å². The lowest BCUT2D eigenvalue weighted by atomic mass is 9.75. The van der Waals surface area contributed by atoms with E-state index in [1.807, 2.05) is 60.7 Å². The SMILES string of the molecule is CC1CCC(C(C)C)c2c1c(-c1ccc(Cl)cc1)nn2C(=O)/C=C/c1ccccc1. The highest BCUT2D eigenvalue weighted by Crippen LogP contribution is 2.46. The first-order chi connectivity index (χ1) is 14.5. The van der Waals surface area contributed by atoms with Gasteiger partial charge in [0.05, 0.1) is 11.4 Å². The summed E-state index contributed by atoms with van der Waals surface area (Å²) >= 11 is 6.10. The molecule has 3 aromatic rings. The number of hydrogen-bond donors (Lipinski definition) is 0. The molecule has 4 rings (SSSR count). The predicted molar refractivity (Wildman–Crippen MR) is 124 cm³/mol. The summed E-state index contributed by atoms with van der Waals surface area (Å²) in [5, 5.41) is 5.56. The van der Waals surface area contributed by atoms with Gasteiger partial charge in [-0.2, -0.15) is 5.10 Å². The molecule has 0 spiro atoms. The number of halogens is 1. The number of benzene rings is 2. The van der Waals surface area contributed by atoms with Gasteiger partial charge in [0.1, 0.15) is 0 Å². The van der Waals surface area contributed by atoms with Crippen LogP contribution in [-0.2, 0) is 0 Å². The van der Waals surface area contributed by atoms with E-state index in [0.29, 0.717) is 22.8 Å². The van der Waals surface area contributed by atoms with Crippen LogP contribution >= 0.6 is 11.6 Å². The van der Waals surface area contributed by atoms with Crippen LogP contribution in [0, 0.1) is 5.92 Å². The zero-order chi connectivity index (χ0) is 21.3. The monoisotopic (exact) mass is 418 g/mol. The molecule has 1 aromatic heterocycles. The van der Waals surface area contributed by atoms with E-state index in [1.54, 1.807) is 10.8 Å². The Kier molecular flexibility index (Phi) is 5.92. The summed E-state index contributed by atoms with van der Waals surface area (Å²) < 4.78 is 1.65. The van der Waals surface area contributed by atoms with Gasteiger partial charge in [-0.15, -0.1) is 0 Å². The van der Waals surface area contributed by atoms with Crippen molar-refractivity contribution in [3.63, 3.8) is 0 Å². The van der Waals surface area contributed by atoms with Crippen molar-refractivity contribution in [3.8, 4) is 11.3 Å². The minimum Gasteiger partial charge on any atom is -0.267 e. The van der Waals surface area contributed by atoms with E-state index < -0.39 is 0 Å². The first kappa shape index (κ1) is 20.6. The molecule has 0 radical (unpaired) electrons. The average molecular weight is 419 g/mol. The van der Waals surface area contributed by atoms with Crippen LogP contribution in [0.2, 0.25) is 5.02 Å². The summed E-state index contributed by atoms with van der Waals surface area (Å²) in [5.41, 5.74) is 5.20. The molecular formula is C26H27ClN2O. The van der Waals surface area contributed by atoms with E-state index in [2.05, 4.69) is 20.8 Å². The third kappa shape index (κ3) is 3.99. The highest BCUT2D eigenvalue weighted by atomic mass is 35.5. The van der Waals surface area contributed by atoms with E-state index in [9.17, 15) is 4.79 Å². The van der Waals surface area contributed by atoms with Crippen LogP contribution in [-0.4, -0.2) is 15.7 Å². The summed E-state index contributed by atoms with van der Waals surface area (Å²) in [6.45, 7) is 6.70. The van der Waals surface area contributed by atoms with Gasteiger partial charge in [0.25, 0.3) is 5.91 Å². The zero-order valence-corrected chi connectivity index (χ0v) is 18.4. The second-order valence-electron chi connectivity index (χ2n) is 8.48. The van der Waals surface area contributed by atoms with Crippen molar-refractivity contribution in [1.29, 1.82) is 0 Å².